The lowest BCUT2D eigenvalue weighted by Gasteiger charge is -2.18. The van der Waals surface area contributed by atoms with Gasteiger partial charge in [-0.05, 0) is 52.9 Å². The Hall–Kier alpha value is -0.950. The topological polar surface area (TPSA) is 33.2 Å². The minimum atomic E-state index is 0.0339. The number of carbonyl (C=O) groups excluding carboxylic acids is 1. The fraction of sp³-hybridized carbons (Fsp3) is 0.200. The molecule has 0 N–H and O–H groups in total. The first-order valence-electron chi connectivity index (χ1n) is 6.18. The van der Waals surface area contributed by atoms with E-state index in [0.29, 0.717) is 6.54 Å². The average molecular weight is 445 g/mol. The van der Waals surface area contributed by atoms with Crippen LogP contribution in [0, 0.1) is 3.57 Å². The van der Waals surface area contributed by atoms with Gasteiger partial charge in [0.05, 0.1) is 5.56 Å². The molecule has 3 nitrogen and oxygen atoms in total. The van der Waals surface area contributed by atoms with E-state index in [4.69, 9.17) is 0 Å². The molecule has 5 heteroatoms. The van der Waals surface area contributed by atoms with Crippen LogP contribution in [0.4, 0.5) is 0 Å². The zero-order valence-electron chi connectivity index (χ0n) is 11.0. The molecule has 0 spiro atoms. The standard InChI is InChI=1S/C15H14BrIN2O/c1-19(9-7-12-4-2-3-8-18-12)15(20)13-10-11(16)5-6-14(13)17/h2-6,8,10H,7,9H2,1H3. The highest BCUT2D eigenvalue weighted by molar-refractivity contribution is 14.1. The number of hydrogen-bond donors (Lipinski definition) is 0. The van der Waals surface area contributed by atoms with Crippen molar-refractivity contribution in [3.63, 3.8) is 0 Å². The summed E-state index contributed by atoms with van der Waals surface area (Å²) in [6.45, 7) is 0.651. The van der Waals surface area contributed by atoms with Crippen LogP contribution in [0.15, 0.2) is 47.1 Å². The molecular weight excluding hydrogens is 431 g/mol. The summed E-state index contributed by atoms with van der Waals surface area (Å²) in [5, 5.41) is 0. The second kappa shape index (κ2) is 7.17. The van der Waals surface area contributed by atoms with Crippen molar-refractivity contribution in [3.05, 3.63) is 61.9 Å². The third-order valence-corrected chi connectivity index (χ3v) is 4.37. The van der Waals surface area contributed by atoms with Crippen LogP contribution >= 0.6 is 38.5 Å². The fourth-order valence-electron chi connectivity index (χ4n) is 1.80. The Morgan fingerprint density at radius 3 is 2.85 bits per heavy atom. The first-order chi connectivity index (χ1) is 9.58. The van der Waals surface area contributed by atoms with E-state index in [1.165, 1.54) is 0 Å². The first kappa shape index (κ1) is 15.4. The molecule has 2 rings (SSSR count). The number of rotatable bonds is 4. The molecule has 0 radical (unpaired) electrons. The van der Waals surface area contributed by atoms with E-state index in [1.807, 2.05) is 43.4 Å². The highest BCUT2D eigenvalue weighted by Crippen LogP contribution is 2.19. The molecule has 1 amide bonds. The number of hydrogen-bond acceptors (Lipinski definition) is 2. The zero-order valence-corrected chi connectivity index (χ0v) is 14.8. The molecule has 20 heavy (non-hydrogen) atoms. The molecule has 0 aliphatic rings. The third kappa shape index (κ3) is 4.02. The lowest BCUT2D eigenvalue weighted by Crippen LogP contribution is -2.29. The Labute approximate surface area is 140 Å². The summed E-state index contributed by atoms with van der Waals surface area (Å²) in [4.78, 5) is 18.4. The van der Waals surface area contributed by atoms with Gasteiger partial charge in [0.1, 0.15) is 0 Å². The van der Waals surface area contributed by atoms with Gasteiger partial charge in [-0.2, -0.15) is 0 Å². The Balaban J connectivity index is 2.03. The van der Waals surface area contributed by atoms with Crippen molar-refractivity contribution in [1.29, 1.82) is 0 Å². The second-order valence-electron chi connectivity index (χ2n) is 4.42. The summed E-state index contributed by atoms with van der Waals surface area (Å²) in [6.07, 6.45) is 2.53. The molecule has 0 fully saturated rings. The summed E-state index contributed by atoms with van der Waals surface area (Å²) < 4.78 is 1.87. The minimum Gasteiger partial charge on any atom is -0.341 e. The third-order valence-electron chi connectivity index (χ3n) is 2.94. The molecular formula is C15H14BrIN2O. The van der Waals surface area contributed by atoms with E-state index < -0.39 is 0 Å². The summed E-state index contributed by atoms with van der Waals surface area (Å²) >= 11 is 5.59. The number of carbonyl (C=O) groups is 1. The highest BCUT2D eigenvalue weighted by Gasteiger charge is 2.15. The Bertz CT molecular complexity index is 604. The van der Waals surface area contributed by atoms with Gasteiger partial charge in [0, 0.05) is 39.9 Å². The van der Waals surface area contributed by atoms with E-state index >= 15 is 0 Å². The maximum atomic E-state index is 12.4. The number of aromatic nitrogens is 1. The first-order valence-corrected chi connectivity index (χ1v) is 8.05. The number of benzene rings is 1. The SMILES string of the molecule is CN(CCc1ccccn1)C(=O)c1cc(Br)ccc1I. The largest absolute Gasteiger partial charge is 0.341 e. The van der Waals surface area contributed by atoms with Gasteiger partial charge in [0.2, 0.25) is 0 Å². The van der Waals surface area contributed by atoms with Gasteiger partial charge in [0.15, 0.2) is 0 Å². The van der Waals surface area contributed by atoms with Crippen molar-refractivity contribution in [2.75, 3.05) is 13.6 Å². The van der Waals surface area contributed by atoms with Crippen molar-refractivity contribution >= 4 is 44.4 Å². The lowest BCUT2D eigenvalue weighted by molar-refractivity contribution is 0.0795. The molecule has 0 saturated carbocycles. The normalized spacial score (nSPS) is 10.3. The summed E-state index contributed by atoms with van der Waals surface area (Å²) in [6, 6.07) is 11.6. The molecule has 1 aromatic carbocycles. The van der Waals surface area contributed by atoms with Crippen LogP contribution < -0.4 is 0 Å². The van der Waals surface area contributed by atoms with E-state index in [9.17, 15) is 4.79 Å². The van der Waals surface area contributed by atoms with Crippen molar-refractivity contribution in [2.45, 2.75) is 6.42 Å². The monoisotopic (exact) mass is 444 g/mol. The van der Waals surface area contributed by atoms with Crippen LogP contribution in [0.2, 0.25) is 0 Å². The van der Waals surface area contributed by atoms with Gasteiger partial charge in [-0.3, -0.25) is 9.78 Å². The van der Waals surface area contributed by atoms with Gasteiger partial charge < -0.3 is 4.90 Å². The van der Waals surface area contributed by atoms with Crippen LogP contribution in [0.3, 0.4) is 0 Å². The van der Waals surface area contributed by atoms with Gasteiger partial charge in [-0.1, -0.05) is 22.0 Å². The van der Waals surface area contributed by atoms with E-state index in [0.717, 1.165) is 25.7 Å². The number of amides is 1. The lowest BCUT2D eigenvalue weighted by atomic mass is 10.2. The van der Waals surface area contributed by atoms with E-state index in [-0.39, 0.29) is 5.91 Å². The maximum Gasteiger partial charge on any atom is 0.254 e. The molecule has 0 aliphatic heterocycles. The van der Waals surface area contributed by atoms with E-state index in [1.54, 1.807) is 11.1 Å². The van der Waals surface area contributed by atoms with Gasteiger partial charge >= 0.3 is 0 Å². The highest BCUT2D eigenvalue weighted by atomic mass is 127. The molecule has 0 aliphatic carbocycles. The average Bonchev–Trinajstić information content (AvgIpc) is 2.47. The Morgan fingerprint density at radius 1 is 1.35 bits per heavy atom. The molecule has 0 bridgehead atoms. The molecule has 1 aromatic heterocycles. The molecule has 0 atom stereocenters. The van der Waals surface area contributed by atoms with Crippen molar-refractivity contribution in [2.24, 2.45) is 0 Å². The quantitative estimate of drug-likeness (QED) is 0.672. The summed E-state index contributed by atoms with van der Waals surface area (Å²) in [7, 11) is 1.82. The van der Waals surface area contributed by atoms with Crippen molar-refractivity contribution < 1.29 is 4.79 Å². The predicted molar refractivity (Wildman–Crippen MR) is 91.8 cm³/mol. The predicted octanol–water partition coefficient (Wildman–Crippen LogP) is 3.76. The van der Waals surface area contributed by atoms with Gasteiger partial charge in [0.25, 0.3) is 5.91 Å². The van der Waals surface area contributed by atoms with Crippen LogP contribution in [0.1, 0.15) is 16.1 Å². The van der Waals surface area contributed by atoms with Crippen molar-refractivity contribution in [1.82, 2.24) is 9.88 Å². The van der Waals surface area contributed by atoms with Crippen molar-refractivity contribution in [3.8, 4) is 0 Å². The molecule has 0 saturated heterocycles. The van der Waals surface area contributed by atoms with Gasteiger partial charge in [-0.15, -0.1) is 0 Å². The summed E-state index contributed by atoms with van der Waals surface area (Å²) in [5.74, 6) is 0.0339. The molecule has 1 heterocycles. The smallest absolute Gasteiger partial charge is 0.254 e. The summed E-state index contributed by atoms with van der Waals surface area (Å²) in [5.41, 5.74) is 1.72. The fourth-order valence-corrected chi connectivity index (χ4v) is 2.72. The van der Waals surface area contributed by atoms with Gasteiger partial charge in [-0.25, -0.2) is 0 Å². The van der Waals surface area contributed by atoms with E-state index in [2.05, 4.69) is 43.5 Å². The minimum absolute atomic E-state index is 0.0339. The second-order valence-corrected chi connectivity index (χ2v) is 6.50. The number of likely N-dealkylation sites (N-methyl/N-ethyl adjacent to an activating group) is 1. The molecule has 2 aromatic rings. The Morgan fingerprint density at radius 2 is 2.15 bits per heavy atom. The molecule has 0 unspecified atom stereocenters. The Kier molecular flexibility index (Phi) is 5.54. The number of nitrogens with zero attached hydrogens (tertiary/aromatic N) is 2. The number of pyridine rings is 1. The zero-order chi connectivity index (χ0) is 14.5. The maximum absolute atomic E-state index is 12.4. The molecule has 104 valence electrons. The van der Waals surface area contributed by atoms with Crippen LogP contribution in [-0.4, -0.2) is 29.4 Å². The van der Waals surface area contributed by atoms with Crippen LogP contribution in [-0.2, 0) is 6.42 Å². The van der Waals surface area contributed by atoms with Crippen LogP contribution in [0.5, 0.6) is 0 Å². The van der Waals surface area contributed by atoms with Crippen LogP contribution in [0.25, 0.3) is 0 Å². The number of halogens is 2.